The Morgan fingerprint density at radius 1 is 1.21 bits per heavy atom. The van der Waals surface area contributed by atoms with Crippen LogP contribution in [-0.4, -0.2) is 13.2 Å². The van der Waals surface area contributed by atoms with Gasteiger partial charge in [0.2, 0.25) is 0 Å². The molecule has 0 spiro atoms. The molecule has 2 aromatic carbocycles. The first-order valence-electron chi connectivity index (χ1n) is 6.04. The molecule has 4 heteroatoms. The third kappa shape index (κ3) is 3.86. The Morgan fingerprint density at radius 3 is 2.74 bits per heavy atom. The molecule has 0 atom stereocenters. The second kappa shape index (κ2) is 6.43. The van der Waals surface area contributed by atoms with E-state index in [1.54, 1.807) is 12.1 Å². The fraction of sp³-hybridized carbons (Fsp3) is 0.200. The van der Waals surface area contributed by atoms with Crippen LogP contribution in [0.3, 0.4) is 0 Å². The van der Waals surface area contributed by atoms with Crippen molar-refractivity contribution in [3.05, 3.63) is 58.9 Å². The Labute approximate surface area is 117 Å². The van der Waals surface area contributed by atoms with Crippen molar-refractivity contribution in [2.45, 2.75) is 6.92 Å². The van der Waals surface area contributed by atoms with Gasteiger partial charge < -0.3 is 10.1 Å². The summed E-state index contributed by atoms with van der Waals surface area (Å²) in [6, 6.07) is 12.5. The van der Waals surface area contributed by atoms with Crippen LogP contribution in [0.25, 0.3) is 0 Å². The van der Waals surface area contributed by atoms with Gasteiger partial charge in [0.1, 0.15) is 6.61 Å². The van der Waals surface area contributed by atoms with Gasteiger partial charge in [-0.05, 0) is 36.8 Å². The first-order valence-corrected chi connectivity index (χ1v) is 6.42. The maximum Gasteiger partial charge on any atom is 0.173 e. The van der Waals surface area contributed by atoms with Gasteiger partial charge in [0.05, 0.1) is 5.02 Å². The molecule has 2 rings (SSSR count). The molecule has 2 nitrogen and oxygen atoms in total. The Hall–Kier alpha value is -1.74. The van der Waals surface area contributed by atoms with Crippen molar-refractivity contribution in [1.29, 1.82) is 0 Å². The van der Waals surface area contributed by atoms with Gasteiger partial charge in [0.25, 0.3) is 0 Å². The van der Waals surface area contributed by atoms with Gasteiger partial charge in [-0.25, -0.2) is 4.39 Å². The van der Waals surface area contributed by atoms with E-state index in [1.807, 2.05) is 31.2 Å². The van der Waals surface area contributed by atoms with Crippen molar-refractivity contribution < 1.29 is 9.13 Å². The molecule has 19 heavy (non-hydrogen) atoms. The lowest BCUT2D eigenvalue weighted by Gasteiger charge is -2.10. The minimum atomic E-state index is -0.442. The predicted molar refractivity (Wildman–Crippen MR) is 76.6 cm³/mol. The zero-order valence-corrected chi connectivity index (χ0v) is 11.4. The van der Waals surface area contributed by atoms with E-state index in [4.69, 9.17) is 16.3 Å². The fourth-order valence-electron chi connectivity index (χ4n) is 1.72. The van der Waals surface area contributed by atoms with Crippen molar-refractivity contribution in [1.82, 2.24) is 0 Å². The molecule has 0 saturated heterocycles. The smallest absolute Gasteiger partial charge is 0.173 e. The van der Waals surface area contributed by atoms with Crippen molar-refractivity contribution in [3.8, 4) is 5.75 Å². The SMILES string of the molecule is Cc1cccc(NCCOc2c(F)cccc2Cl)c1. The molecule has 0 fully saturated rings. The molecule has 0 aliphatic heterocycles. The van der Waals surface area contributed by atoms with Gasteiger partial charge in [0, 0.05) is 12.2 Å². The molecule has 0 aliphatic carbocycles. The highest BCUT2D eigenvalue weighted by molar-refractivity contribution is 6.32. The number of ether oxygens (including phenoxy) is 1. The molecule has 0 amide bonds. The van der Waals surface area contributed by atoms with Gasteiger partial charge in [-0.1, -0.05) is 29.8 Å². The van der Waals surface area contributed by atoms with E-state index in [-0.39, 0.29) is 10.8 Å². The number of hydrogen-bond donors (Lipinski definition) is 1. The van der Waals surface area contributed by atoms with Crippen LogP contribution in [0.15, 0.2) is 42.5 Å². The quantitative estimate of drug-likeness (QED) is 0.825. The highest BCUT2D eigenvalue weighted by Crippen LogP contribution is 2.26. The normalized spacial score (nSPS) is 10.3. The van der Waals surface area contributed by atoms with Crippen LogP contribution in [0.1, 0.15) is 5.56 Å². The minimum absolute atomic E-state index is 0.107. The van der Waals surface area contributed by atoms with Crippen LogP contribution in [0.2, 0.25) is 5.02 Å². The lowest BCUT2D eigenvalue weighted by Crippen LogP contribution is -2.12. The molecule has 2 aromatic rings. The average molecular weight is 280 g/mol. The molecule has 100 valence electrons. The van der Waals surface area contributed by atoms with Gasteiger partial charge in [0.15, 0.2) is 11.6 Å². The second-order valence-corrected chi connectivity index (χ2v) is 4.60. The topological polar surface area (TPSA) is 21.3 Å². The summed E-state index contributed by atoms with van der Waals surface area (Å²) in [6.45, 7) is 2.95. The number of anilines is 1. The number of aryl methyl sites for hydroxylation is 1. The van der Waals surface area contributed by atoms with Crippen LogP contribution >= 0.6 is 11.6 Å². The molecule has 0 heterocycles. The Bertz CT molecular complexity index is 539. The lowest BCUT2D eigenvalue weighted by atomic mass is 10.2. The van der Waals surface area contributed by atoms with Crippen LogP contribution in [0.5, 0.6) is 5.75 Å². The van der Waals surface area contributed by atoms with Gasteiger partial charge in [-0.2, -0.15) is 0 Å². The number of nitrogens with one attached hydrogen (secondary N) is 1. The van der Waals surface area contributed by atoms with Gasteiger partial charge >= 0.3 is 0 Å². The standard InChI is InChI=1S/C15H15ClFNO/c1-11-4-2-5-12(10-11)18-8-9-19-15-13(16)6-3-7-14(15)17/h2-7,10,18H,8-9H2,1H3. The number of benzene rings is 2. The number of rotatable bonds is 5. The summed E-state index contributed by atoms with van der Waals surface area (Å²) in [5.74, 6) is -0.335. The van der Waals surface area contributed by atoms with Crippen molar-refractivity contribution in [3.63, 3.8) is 0 Å². The predicted octanol–water partition coefficient (Wildman–Crippen LogP) is 4.28. The maximum absolute atomic E-state index is 13.4. The molecule has 1 N–H and O–H groups in total. The van der Waals surface area contributed by atoms with E-state index in [0.29, 0.717) is 13.2 Å². The molecule has 0 bridgehead atoms. The summed E-state index contributed by atoms with van der Waals surface area (Å²) in [7, 11) is 0. The molecular formula is C15H15ClFNO. The summed E-state index contributed by atoms with van der Waals surface area (Å²) < 4.78 is 18.8. The first kappa shape index (κ1) is 13.7. The van der Waals surface area contributed by atoms with Crippen LogP contribution < -0.4 is 10.1 Å². The molecule has 0 aliphatic rings. The minimum Gasteiger partial charge on any atom is -0.487 e. The van der Waals surface area contributed by atoms with Gasteiger partial charge in [-0.15, -0.1) is 0 Å². The molecule has 0 unspecified atom stereocenters. The fourth-order valence-corrected chi connectivity index (χ4v) is 1.94. The first-order chi connectivity index (χ1) is 9.16. The average Bonchev–Trinajstić information content (AvgIpc) is 2.37. The van der Waals surface area contributed by atoms with E-state index in [1.165, 1.54) is 11.6 Å². The molecular weight excluding hydrogens is 265 g/mol. The van der Waals surface area contributed by atoms with Crippen molar-refractivity contribution in [2.75, 3.05) is 18.5 Å². The Balaban J connectivity index is 1.84. The van der Waals surface area contributed by atoms with Crippen molar-refractivity contribution >= 4 is 17.3 Å². The molecule has 0 aromatic heterocycles. The highest BCUT2D eigenvalue weighted by atomic mass is 35.5. The largest absolute Gasteiger partial charge is 0.487 e. The zero-order chi connectivity index (χ0) is 13.7. The third-order valence-electron chi connectivity index (χ3n) is 2.61. The number of para-hydroxylation sites is 1. The monoisotopic (exact) mass is 279 g/mol. The van der Waals surface area contributed by atoms with Crippen molar-refractivity contribution in [2.24, 2.45) is 0 Å². The summed E-state index contributed by atoms with van der Waals surface area (Å²) in [4.78, 5) is 0. The van der Waals surface area contributed by atoms with Gasteiger partial charge in [-0.3, -0.25) is 0 Å². The van der Waals surface area contributed by atoms with E-state index >= 15 is 0 Å². The van der Waals surface area contributed by atoms with E-state index in [0.717, 1.165) is 5.69 Å². The van der Waals surface area contributed by atoms with Crippen LogP contribution in [0, 0.1) is 12.7 Å². The molecule has 0 radical (unpaired) electrons. The zero-order valence-electron chi connectivity index (χ0n) is 10.6. The summed E-state index contributed by atoms with van der Waals surface area (Å²) >= 11 is 5.86. The summed E-state index contributed by atoms with van der Waals surface area (Å²) in [5.41, 5.74) is 2.20. The lowest BCUT2D eigenvalue weighted by molar-refractivity contribution is 0.315. The number of halogens is 2. The highest BCUT2D eigenvalue weighted by Gasteiger charge is 2.07. The van der Waals surface area contributed by atoms with E-state index in [9.17, 15) is 4.39 Å². The van der Waals surface area contributed by atoms with E-state index < -0.39 is 5.82 Å². The number of hydrogen-bond acceptors (Lipinski definition) is 2. The Morgan fingerprint density at radius 2 is 2.00 bits per heavy atom. The van der Waals surface area contributed by atoms with Crippen LogP contribution in [-0.2, 0) is 0 Å². The second-order valence-electron chi connectivity index (χ2n) is 4.20. The summed E-state index contributed by atoms with van der Waals surface area (Å²) in [6.07, 6.45) is 0. The Kier molecular flexibility index (Phi) is 4.63. The van der Waals surface area contributed by atoms with Crippen LogP contribution in [0.4, 0.5) is 10.1 Å². The van der Waals surface area contributed by atoms with E-state index in [2.05, 4.69) is 5.32 Å². The molecule has 0 saturated carbocycles. The third-order valence-corrected chi connectivity index (χ3v) is 2.91. The maximum atomic E-state index is 13.4. The summed E-state index contributed by atoms with van der Waals surface area (Å²) in [5, 5.41) is 3.49.